The topological polar surface area (TPSA) is 121 Å². The van der Waals surface area contributed by atoms with E-state index in [0.29, 0.717) is 15.8 Å². The highest BCUT2D eigenvalue weighted by Gasteiger charge is 2.55. The van der Waals surface area contributed by atoms with Crippen molar-refractivity contribution in [1.82, 2.24) is 25.1 Å². The maximum Gasteiger partial charge on any atom is 0.353 e. The molecule has 11 heteroatoms. The summed E-state index contributed by atoms with van der Waals surface area (Å²) in [6.07, 6.45) is 0. The number of aliphatic hydroxyl groups is 1. The average Bonchev–Trinajstić information content (AvgIpc) is 2.99. The molecule has 1 aromatic rings. The second-order valence-electron chi connectivity index (χ2n) is 4.46. The van der Waals surface area contributed by atoms with Crippen LogP contribution < -0.4 is 0 Å². The number of tetrazole rings is 1. The van der Waals surface area contributed by atoms with E-state index >= 15 is 0 Å². The van der Waals surface area contributed by atoms with Crippen LogP contribution in [0.3, 0.4) is 0 Å². The number of β-lactam (4-membered cyclic amide) rings is 1. The van der Waals surface area contributed by atoms with Gasteiger partial charge in [0.2, 0.25) is 11.1 Å². The smallest absolute Gasteiger partial charge is 0.353 e. The minimum absolute atomic E-state index is 0.00216. The molecular weight excluding hydrogens is 318 g/mol. The number of carbonyl (C=O) groups excluding carboxylic acids is 1. The average molecular weight is 329 g/mol. The van der Waals surface area contributed by atoms with E-state index in [9.17, 15) is 14.7 Å². The van der Waals surface area contributed by atoms with Crippen molar-refractivity contribution < 1.29 is 19.8 Å². The van der Waals surface area contributed by atoms with Crippen LogP contribution >= 0.6 is 23.5 Å². The molecule has 0 saturated carbocycles. The zero-order valence-corrected chi connectivity index (χ0v) is 12.5. The summed E-state index contributed by atoms with van der Waals surface area (Å²) in [5, 5.41) is 29.7. The Morgan fingerprint density at radius 3 is 2.86 bits per heavy atom. The zero-order valence-electron chi connectivity index (χ0n) is 10.8. The number of carboxylic acid groups (broad SMARTS) is 1. The van der Waals surface area contributed by atoms with Crippen molar-refractivity contribution in [3.8, 4) is 0 Å². The second-order valence-corrected chi connectivity index (χ2v) is 6.61. The first-order valence-corrected chi connectivity index (χ1v) is 7.83. The molecule has 0 spiro atoms. The van der Waals surface area contributed by atoms with Gasteiger partial charge in [0.1, 0.15) is 11.1 Å². The van der Waals surface area contributed by atoms with Gasteiger partial charge in [-0.25, -0.2) is 9.48 Å². The first kappa shape index (κ1) is 14.4. The van der Waals surface area contributed by atoms with Gasteiger partial charge in [0.05, 0.1) is 12.5 Å². The predicted molar refractivity (Wildman–Crippen MR) is 73.0 cm³/mol. The molecule has 1 aromatic heterocycles. The summed E-state index contributed by atoms with van der Waals surface area (Å²) >= 11 is 2.60. The maximum absolute atomic E-state index is 11.8. The number of carboxylic acids is 1. The Bertz CT molecular complexity index is 645. The Balaban J connectivity index is 1.79. The van der Waals surface area contributed by atoms with Crippen LogP contribution in [0.4, 0.5) is 0 Å². The monoisotopic (exact) mass is 329 g/mol. The molecule has 1 fully saturated rings. The number of nitrogens with zero attached hydrogens (tertiary/aromatic N) is 5. The predicted octanol–water partition coefficient (Wildman–Crippen LogP) is -0.878. The third-order valence-electron chi connectivity index (χ3n) is 3.23. The molecule has 0 aliphatic carbocycles. The molecule has 2 aliphatic rings. The van der Waals surface area contributed by atoms with E-state index in [1.165, 1.54) is 33.1 Å². The summed E-state index contributed by atoms with van der Waals surface area (Å²) in [5.41, 5.74) is 0.00216. The molecule has 112 valence electrons. The largest absolute Gasteiger partial charge is 0.477 e. The fourth-order valence-electron chi connectivity index (χ4n) is 2.20. The number of hydrogen-bond acceptors (Lipinski definition) is 8. The van der Waals surface area contributed by atoms with E-state index in [-0.39, 0.29) is 23.6 Å². The molecule has 1 unspecified atom stereocenters. The Kier molecular flexibility index (Phi) is 3.63. The standard InChI is InChI=1S/C10H11N5O4S2/c1-14-10(11-12-13-14)20-3-5-6(9(18)19)15-7(17)4(2-16)8(15)21-5/h4,8,16H,2-3H2,1H3,(H,18,19)/t4?,8-/m0/s1. The van der Waals surface area contributed by atoms with Gasteiger partial charge in [0.15, 0.2) is 0 Å². The van der Waals surface area contributed by atoms with Crippen LogP contribution in [0, 0.1) is 5.92 Å². The van der Waals surface area contributed by atoms with Crippen LogP contribution in [0.5, 0.6) is 0 Å². The minimum Gasteiger partial charge on any atom is -0.477 e. The van der Waals surface area contributed by atoms with Crippen molar-refractivity contribution in [1.29, 1.82) is 0 Å². The molecule has 0 aromatic carbocycles. The van der Waals surface area contributed by atoms with E-state index in [1.54, 1.807) is 7.05 Å². The summed E-state index contributed by atoms with van der Waals surface area (Å²) in [6, 6.07) is 0. The molecular formula is C10H11N5O4S2. The fourth-order valence-corrected chi connectivity index (χ4v) is 4.63. The maximum atomic E-state index is 11.8. The molecule has 9 nitrogen and oxygen atoms in total. The molecule has 21 heavy (non-hydrogen) atoms. The van der Waals surface area contributed by atoms with Gasteiger partial charge in [-0.15, -0.1) is 16.9 Å². The van der Waals surface area contributed by atoms with Crippen LogP contribution in [-0.4, -0.2) is 64.9 Å². The number of aryl methyl sites for hydroxylation is 1. The Morgan fingerprint density at radius 2 is 2.29 bits per heavy atom. The van der Waals surface area contributed by atoms with Crippen LogP contribution in [0.1, 0.15) is 0 Å². The molecule has 0 radical (unpaired) electrons. The van der Waals surface area contributed by atoms with Gasteiger partial charge >= 0.3 is 5.97 Å². The van der Waals surface area contributed by atoms with E-state index in [2.05, 4.69) is 15.5 Å². The molecule has 2 aliphatic heterocycles. The van der Waals surface area contributed by atoms with Crippen LogP contribution in [0.2, 0.25) is 0 Å². The highest BCUT2D eigenvalue weighted by molar-refractivity contribution is 8.06. The van der Waals surface area contributed by atoms with E-state index in [1.807, 2.05) is 0 Å². The van der Waals surface area contributed by atoms with Crippen molar-refractivity contribution in [2.75, 3.05) is 12.4 Å². The third-order valence-corrected chi connectivity index (χ3v) is 5.86. The van der Waals surface area contributed by atoms with Crippen molar-refractivity contribution in [2.24, 2.45) is 13.0 Å². The van der Waals surface area contributed by atoms with Crippen molar-refractivity contribution in [3.05, 3.63) is 10.6 Å². The van der Waals surface area contributed by atoms with Gasteiger partial charge in [-0.3, -0.25) is 9.69 Å². The van der Waals surface area contributed by atoms with Gasteiger partial charge in [-0.05, 0) is 10.4 Å². The quantitative estimate of drug-likeness (QED) is 0.524. The lowest BCUT2D eigenvalue weighted by atomic mass is 9.98. The first-order valence-electron chi connectivity index (χ1n) is 5.96. The lowest BCUT2D eigenvalue weighted by Gasteiger charge is -2.41. The summed E-state index contributed by atoms with van der Waals surface area (Å²) in [5.74, 6) is -1.64. The molecule has 3 heterocycles. The van der Waals surface area contributed by atoms with E-state index < -0.39 is 11.9 Å². The number of thioether (sulfide) groups is 2. The van der Waals surface area contributed by atoms with Crippen LogP contribution in [0.15, 0.2) is 15.8 Å². The molecule has 2 N–H and O–H groups in total. The first-order chi connectivity index (χ1) is 10.0. The summed E-state index contributed by atoms with van der Waals surface area (Å²) in [6.45, 7) is -0.270. The molecule has 3 rings (SSSR count). The van der Waals surface area contributed by atoms with Crippen molar-refractivity contribution in [3.63, 3.8) is 0 Å². The molecule has 1 amide bonds. The Hall–Kier alpha value is -1.59. The second kappa shape index (κ2) is 5.31. The molecule has 1 saturated heterocycles. The van der Waals surface area contributed by atoms with Gasteiger partial charge in [-0.1, -0.05) is 11.8 Å². The van der Waals surface area contributed by atoms with E-state index in [4.69, 9.17) is 5.11 Å². The number of aromatic nitrogens is 4. The SMILES string of the molecule is Cn1nnnc1SCC1=C(C(=O)O)N2C(=O)C(CO)[C@@H]2S1. The number of aliphatic hydroxyl groups excluding tert-OH is 1. The van der Waals surface area contributed by atoms with Gasteiger partial charge in [-0.2, -0.15) is 0 Å². The summed E-state index contributed by atoms with van der Waals surface area (Å²) in [4.78, 5) is 25.1. The Labute approximate surface area is 127 Å². The molecule has 2 atom stereocenters. The number of aliphatic carboxylic acids is 1. The minimum atomic E-state index is -1.14. The number of fused-ring (bicyclic) bond motifs is 1. The number of carbonyl (C=O) groups is 2. The van der Waals surface area contributed by atoms with Gasteiger partial charge in [0, 0.05) is 17.7 Å². The number of hydrogen-bond donors (Lipinski definition) is 2. The number of rotatable bonds is 5. The highest BCUT2D eigenvalue weighted by Crippen LogP contribution is 2.50. The van der Waals surface area contributed by atoms with Crippen LogP contribution in [0.25, 0.3) is 0 Å². The highest BCUT2D eigenvalue weighted by atomic mass is 32.2. The third kappa shape index (κ3) is 2.21. The normalized spacial score (nSPS) is 24.3. The fraction of sp³-hybridized carbons (Fsp3) is 0.500. The van der Waals surface area contributed by atoms with Crippen LogP contribution in [-0.2, 0) is 16.6 Å². The van der Waals surface area contributed by atoms with Crippen molar-refractivity contribution in [2.45, 2.75) is 10.5 Å². The molecule has 0 bridgehead atoms. The summed E-state index contributed by atoms with van der Waals surface area (Å²) in [7, 11) is 1.69. The lowest BCUT2D eigenvalue weighted by Crippen LogP contribution is -2.58. The summed E-state index contributed by atoms with van der Waals surface area (Å²) < 4.78 is 1.49. The number of amides is 1. The Morgan fingerprint density at radius 1 is 1.52 bits per heavy atom. The van der Waals surface area contributed by atoms with Gasteiger partial charge in [0.25, 0.3) is 0 Å². The van der Waals surface area contributed by atoms with Crippen molar-refractivity contribution >= 4 is 35.4 Å². The lowest BCUT2D eigenvalue weighted by molar-refractivity contribution is -0.153. The van der Waals surface area contributed by atoms with Gasteiger partial charge < -0.3 is 10.2 Å². The zero-order chi connectivity index (χ0) is 15.1. The van der Waals surface area contributed by atoms with E-state index in [0.717, 1.165) is 0 Å².